The molecule has 1 aromatic carbocycles. The molecule has 1 aromatic heterocycles. The maximum atomic E-state index is 12.9. The third-order valence-electron chi connectivity index (χ3n) is 2.29. The van der Waals surface area contributed by atoms with E-state index in [4.69, 9.17) is 4.74 Å². The molecule has 3 nitrogen and oxygen atoms in total. The maximum Gasteiger partial charge on any atom is 0.258 e. The van der Waals surface area contributed by atoms with Crippen LogP contribution in [0, 0.1) is 5.82 Å². The fraction of sp³-hybridized carbons (Fsp3) is 0.154. The third kappa shape index (κ3) is 4.33. The lowest BCUT2D eigenvalue weighted by molar-refractivity contribution is -0.123. The average molecular weight is 344 g/mol. The fourth-order valence-electron chi connectivity index (χ4n) is 1.39. The molecule has 0 radical (unpaired) electrons. The van der Waals surface area contributed by atoms with Gasteiger partial charge in [0.05, 0.1) is 11.0 Å². The van der Waals surface area contributed by atoms with Crippen molar-refractivity contribution in [2.45, 2.75) is 6.54 Å². The van der Waals surface area contributed by atoms with E-state index in [9.17, 15) is 9.18 Å². The predicted molar refractivity (Wildman–Crippen MR) is 75.8 cm³/mol. The first-order chi connectivity index (χ1) is 9.15. The Morgan fingerprint density at radius 1 is 1.42 bits per heavy atom. The Morgan fingerprint density at radius 2 is 2.26 bits per heavy atom. The van der Waals surface area contributed by atoms with Crippen LogP contribution in [0.3, 0.4) is 0 Å². The molecule has 19 heavy (non-hydrogen) atoms. The van der Waals surface area contributed by atoms with Gasteiger partial charge in [-0.15, -0.1) is 11.3 Å². The molecule has 6 heteroatoms. The summed E-state index contributed by atoms with van der Waals surface area (Å²) in [6.45, 7) is 0.389. The highest BCUT2D eigenvalue weighted by atomic mass is 79.9. The van der Waals surface area contributed by atoms with Gasteiger partial charge in [0.15, 0.2) is 6.61 Å². The number of carbonyl (C=O) groups excluding carboxylic acids is 1. The Bertz CT molecular complexity index is 560. The molecule has 0 bridgehead atoms. The van der Waals surface area contributed by atoms with E-state index in [0.29, 0.717) is 16.8 Å². The van der Waals surface area contributed by atoms with Crippen molar-refractivity contribution in [2.75, 3.05) is 6.61 Å². The summed E-state index contributed by atoms with van der Waals surface area (Å²) in [6.07, 6.45) is 0. The van der Waals surface area contributed by atoms with Crippen LogP contribution >= 0.6 is 27.3 Å². The Kier molecular flexibility index (Phi) is 4.93. The molecule has 0 spiro atoms. The summed E-state index contributed by atoms with van der Waals surface area (Å²) in [6, 6.07) is 7.93. The van der Waals surface area contributed by atoms with Gasteiger partial charge in [-0.05, 0) is 45.6 Å². The lowest BCUT2D eigenvalue weighted by atomic mass is 10.3. The Hall–Kier alpha value is -1.40. The Morgan fingerprint density at radius 3 is 2.95 bits per heavy atom. The number of benzene rings is 1. The zero-order valence-electron chi connectivity index (χ0n) is 9.86. The van der Waals surface area contributed by atoms with E-state index in [1.807, 2.05) is 17.5 Å². The number of hydrogen-bond acceptors (Lipinski definition) is 3. The number of ether oxygens (including phenoxy) is 1. The summed E-state index contributed by atoms with van der Waals surface area (Å²) in [4.78, 5) is 12.6. The monoisotopic (exact) mass is 343 g/mol. The molecule has 1 heterocycles. The molecular formula is C13H11BrFNO2S. The molecule has 1 amide bonds. The van der Waals surface area contributed by atoms with E-state index < -0.39 is 0 Å². The SMILES string of the molecule is O=C(COc1ccc(F)cc1Br)NCc1cccs1. The van der Waals surface area contributed by atoms with Gasteiger partial charge in [-0.1, -0.05) is 6.07 Å². The topological polar surface area (TPSA) is 38.3 Å². The van der Waals surface area contributed by atoms with Crippen LogP contribution in [0.5, 0.6) is 5.75 Å². The van der Waals surface area contributed by atoms with Crippen molar-refractivity contribution in [1.82, 2.24) is 5.32 Å². The standard InChI is InChI=1S/C13H11BrFNO2S/c14-11-6-9(15)3-4-12(11)18-8-13(17)16-7-10-2-1-5-19-10/h1-6H,7-8H2,(H,16,17). The van der Waals surface area contributed by atoms with Crippen LogP contribution in [0.4, 0.5) is 4.39 Å². The molecule has 0 atom stereocenters. The van der Waals surface area contributed by atoms with Crippen molar-refractivity contribution in [3.8, 4) is 5.75 Å². The van der Waals surface area contributed by atoms with E-state index in [1.54, 1.807) is 11.3 Å². The first-order valence-electron chi connectivity index (χ1n) is 5.52. The van der Waals surface area contributed by atoms with Crippen LogP contribution in [-0.4, -0.2) is 12.5 Å². The molecule has 0 aliphatic heterocycles. The Balaban J connectivity index is 1.80. The van der Waals surface area contributed by atoms with Crippen molar-refractivity contribution >= 4 is 33.2 Å². The second-order valence-electron chi connectivity index (χ2n) is 3.72. The first kappa shape index (κ1) is 14.0. The van der Waals surface area contributed by atoms with Crippen molar-refractivity contribution in [2.24, 2.45) is 0 Å². The van der Waals surface area contributed by atoms with Gasteiger partial charge in [-0.25, -0.2) is 4.39 Å². The van der Waals surface area contributed by atoms with Gasteiger partial charge >= 0.3 is 0 Å². The van der Waals surface area contributed by atoms with E-state index in [1.165, 1.54) is 18.2 Å². The Labute approximate surface area is 122 Å². The van der Waals surface area contributed by atoms with Crippen LogP contribution in [0.15, 0.2) is 40.2 Å². The van der Waals surface area contributed by atoms with Gasteiger partial charge in [-0.2, -0.15) is 0 Å². The highest BCUT2D eigenvalue weighted by Gasteiger charge is 2.06. The second-order valence-corrected chi connectivity index (χ2v) is 5.61. The molecule has 0 saturated heterocycles. The highest BCUT2D eigenvalue weighted by molar-refractivity contribution is 9.10. The highest BCUT2D eigenvalue weighted by Crippen LogP contribution is 2.25. The van der Waals surface area contributed by atoms with Gasteiger partial charge in [0.1, 0.15) is 11.6 Å². The van der Waals surface area contributed by atoms with E-state index in [-0.39, 0.29) is 18.3 Å². The lowest BCUT2D eigenvalue weighted by Crippen LogP contribution is -2.28. The molecule has 0 fully saturated rings. The van der Waals surface area contributed by atoms with Crippen molar-refractivity contribution in [3.63, 3.8) is 0 Å². The minimum atomic E-state index is -0.360. The number of hydrogen-bond donors (Lipinski definition) is 1. The normalized spacial score (nSPS) is 10.2. The van der Waals surface area contributed by atoms with E-state index >= 15 is 0 Å². The molecule has 2 rings (SSSR count). The minimum absolute atomic E-state index is 0.102. The summed E-state index contributed by atoms with van der Waals surface area (Å²) in [5.74, 6) is -0.140. The average Bonchev–Trinajstić information content (AvgIpc) is 2.88. The molecule has 0 saturated carbocycles. The third-order valence-corrected chi connectivity index (χ3v) is 3.79. The lowest BCUT2D eigenvalue weighted by Gasteiger charge is -2.08. The summed E-state index contributed by atoms with van der Waals surface area (Å²) < 4.78 is 18.6. The molecule has 0 aliphatic carbocycles. The summed E-state index contributed by atoms with van der Waals surface area (Å²) in [7, 11) is 0. The number of rotatable bonds is 5. The smallest absolute Gasteiger partial charge is 0.258 e. The zero-order chi connectivity index (χ0) is 13.7. The second kappa shape index (κ2) is 6.68. The number of thiophene rings is 1. The van der Waals surface area contributed by atoms with Crippen molar-refractivity contribution < 1.29 is 13.9 Å². The van der Waals surface area contributed by atoms with Gasteiger partial charge in [0.25, 0.3) is 5.91 Å². The minimum Gasteiger partial charge on any atom is -0.483 e. The van der Waals surface area contributed by atoms with Crippen LogP contribution in [-0.2, 0) is 11.3 Å². The predicted octanol–water partition coefficient (Wildman–Crippen LogP) is 3.34. The summed E-state index contributed by atoms with van der Waals surface area (Å²) in [5.41, 5.74) is 0. The summed E-state index contributed by atoms with van der Waals surface area (Å²) >= 11 is 4.75. The fourth-order valence-corrected chi connectivity index (χ4v) is 2.50. The van der Waals surface area contributed by atoms with Gasteiger partial charge in [0, 0.05) is 4.88 Å². The summed E-state index contributed by atoms with van der Waals surface area (Å²) in [5, 5.41) is 4.70. The van der Waals surface area contributed by atoms with Crippen LogP contribution < -0.4 is 10.1 Å². The quantitative estimate of drug-likeness (QED) is 0.904. The number of nitrogens with one attached hydrogen (secondary N) is 1. The van der Waals surface area contributed by atoms with Crippen molar-refractivity contribution in [3.05, 3.63) is 50.9 Å². The molecule has 0 unspecified atom stereocenters. The molecule has 1 N–H and O–H groups in total. The van der Waals surface area contributed by atoms with Gasteiger partial charge < -0.3 is 10.1 Å². The van der Waals surface area contributed by atoms with E-state index in [0.717, 1.165) is 4.88 Å². The molecule has 0 aliphatic rings. The molecule has 2 aromatic rings. The molecular weight excluding hydrogens is 333 g/mol. The molecule has 100 valence electrons. The maximum absolute atomic E-state index is 12.9. The number of amides is 1. The van der Waals surface area contributed by atoms with E-state index in [2.05, 4.69) is 21.2 Å². The zero-order valence-corrected chi connectivity index (χ0v) is 12.3. The van der Waals surface area contributed by atoms with Crippen LogP contribution in [0.1, 0.15) is 4.88 Å². The first-order valence-corrected chi connectivity index (χ1v) is 7.19. The van der Waals surface area contributed by atoms with Crippen LogP contribution in [0.2, 0.25) is 0 Å². The van der Waals surface area contributed by atoms with Crippen molar-refractivity contribution in [1.29, 1.82) is 0 Å². The van der Waals surface area contributed by atoms with Gasteiger partial charge in [-0.3, -0.25) is 4.79 Å². The largest absolute Gasteiger partial charge is 0.483 e. The van der Waals surface area contributed by atoms with Crippen LogP contribution in [0.25, 0.3) is 0 Å². The number of carbonyl (C=O) groups is 1. The number of halogens is 2. The van der Waals surface area contributed by atoms with Gasteiger partial charge in [0.2, 0.25) is 0 Å².